The van der Waals surface area contributed by atoms with Crippen LogP contribution in [0.3, 0.4) is 0 Å². The average molecular weight is 357 g/mol. The van der Waals surface area contributed by atoms with Gasteiger partial charge in [0.05, 0.1) is 23.4 Å². The molecule has 1 aliphatic carbocycles. The Hall–Kier alpha value is -3.07. The normalized spacial score (nSPS) is 24.4. The minimum atomic E-state index is -1.55. The highest BCUT2D eigenvalue weighted by atomic mass is 15.1. The molecule has 1 aromatic rings. The number of fused-ring (bicyclic) bond motifs is 1. The molecule has 0 spiro atoms. The molecule has 3 rings (SSSR count). The smallest absolute Gasteiger partial charge is 0.191 e. The molecular formula is C22H23N5. The van der Waals surface area contributed by atoms with E-state index in [1.54, 1.807) is 0 Å². The number of allylic oxidation sites excluding steroid dienone is 2. The number of hydrogen-bond donors (Lipinski definition) is 1. The van der Waals surface area contributed by atoms with Crippen LogP contribution in [0.2, 0.25) is 0 Å². The second-order valence-electron chi connectivity index (χ2n) is 7.72. The van der Waals surface area contributed by atoms with Gasteiger partial charge in [0.1, 0.15) is 6.07 Å². The zero-order valence-electron chi connectivity index (χ0n) is 15.9. The van der Waals surface area contributed by atoms with E-state index in [4.69, 9.17) is 5.73 Å². The topological polar surface area (TPSA) is 101 Å². The van der Waals surface area contributed by atoms with Gasteiger partial charge in [0.15, 0.2) is 5.41 Å². The highest BCUT2D eigenvalue weighted by molar-refractivity contribution is 5.59. The molecule has 1 heterocycles. The maximum absolute atomic E-state index is 10.0. The first-order chi connectivity index (χ1) is 12.9. The average Bonchev–Trinajstić information content (AvgIpc) is 2.67. The van der Waals surface area contributed by atoms with Crippen LogP contribution >= 0.6 is 0 Å². The molecule has 1 aliphatic heterocycles. The van der Waals surface area contributed by atoms with Gasteiger partial charge in [0.2, 0.25) is 0 Å². The lowest BCUT2D eigenvalue weighted by atomic mass is 9.58. The van der Waals surface area contributed by atoms with E-state index in [9.17, 15) is 15.8 Å². The molecule has 27 heavy (non-hydrogen) atoms. The summed E-state index contributed by atoms with van der Waals surface area (Å²) in [5.74, 6) is -0.150. The van der Waals surface area contributed by atoms with Gasteiger partial charge in [-0.15, -0.1) is 0 Å². The monoisotopic (exact) mass is 357 g/mol. The van der Waals surface area contributed by atoms with Crippen molar-refractivity contribution in [3.05, 3.63) is 58.3 Å². The quantitative estimate of drug-likeness (QED) is 0.876. The lowest BCUT2D eigenvalue weighted by Crippen LogP contribution is -2.47. The van der Waals surface area contributed by atoms with E-state index in [2.05, 4.69) is 49.1 Å². The van der Waals surface area contributed by atoms with E-state index < -0.39 is 11.3 Å². The Morgan fingerprint density at radius 1 is 1.15 bits per heavy atom. The van der Waals surface area contributed by atoms with Gasteiger partial charge < -0.3 is 10.6 Å². The van der Waals surface area contributed by atoms with Crippen molar-refractivity contribution in [2.24, 2.45) is 17.1 Å². The standard InChI is InChI=1S/C22H23N5/c1-14(2)15-4-6-16(7-5-15)20-19-11-27(3)9-8-17(19)18(10-23)21(26)22(20,12-24)13-25/h4-8,14,19-20H,9,11,26H2,1-3H3/t19-,20+/m1/s1. The van der Waals surface area contributed by atoms with Crippen LogP contribution in [0.25, 0.3) is 0 Å². The SMILES string of the molecule is CC(C)c1ccc([C@H]2[C@@H]3CN(C)CC=C3C(C#N)=C(N)C2(C#N)C#N)cc1. The summed E-state index contributed by atoms with van der Waals surface area (Å²) in [5.41, 5.74) is 8.10. The van der Waals surface area contributed by atoms with E-state index in [-0.39, 0.29) is 11.6 Å². The van der Waals surface area contributed by atoms with E-state index in [0.717, 1.165) is 17.7 Å². The third kappa shape index (κ3) is 2.80. The molecule has 1 aromatic carbocycles. The summed E-state index contributed by atoms with van der Waals surface area (Å²) in [6.07, 6.45) is 2.01. The van der Waals surface area contributed by atoms with Crippen LogP contribution in [-0.2, 0) is 0 Å². The summed E-state index contributed by atoms with van der Waals surface area (Å²) in [6.45, 7) is 5.64. The maximum Gasteiger partial charge on any atom is 0.191 e. The van der Waals surface area contributed by atoms with Gasteiger partial charge in [-0.2, -0.15) is 15.8 Å². The molecule has 2 N–H and O–H groups in total. The Balaban J connectivity index is 2.26. The van der Waals surface area contributed by atoms with E-state index >= 15 is 0 Å². The summed E-state index contributed by atoms with van der Waals surface area (Å²) >= 11 is 0. The predicted octanol–water partition coefficient (Wildman–Crippen LogP) is 3.17. The first-order valence-electron chi connectivity index (χ1n) is 9.11. The highest BCUT2D eigenvalue weighted by Crippen LogP contribution is 2.54. The molecule has 0 unspecified atom stereocenters. The molecule has 0 saturated heterocycles. The fourth-order valence-corrected chi connectivity index (χ4v) is 4.29. The number of nitrogens with zero attached hydrogens (tertiary/aromatic N) is 4. The molecular weight excluding hydrogens is 334 g/mol. The lowest BCUT2D eigenvalue weighted by Gasteiger charge is -2.45. The van der Waals surface area contributed by atoms with Crippen LogP contribution in [0.4, 0.5) is 0 Å². The Labute approximate surface area is 160 Å². The zero-order valence-corrected chi connectivity index (χ0v) is 15.9. The minimum Gasteiger partial charge on any atom is -0.399 e. The number of likely N-dealkylation sites (N-methyl/N-ethyl adjacent to an activating group) is 1. The Bertz CT molecular complexity index is 917. The summed E-state index contributed by atoms with van der Waals surface area (Å²) in [5, 5.41) is 29.7. The summed E-state index contributed by atoms with van der Waals surface area (Å²) in [4.78, 5) is 2.14. The van der Waals surface area contributed by atoms with Crippen LogP contribution in [-0.4, -0.2) is 25.0 Å². The largest absolute Gasteiger partial charge is 0.399 e. The van der Waals surface area contributed by atoms with Crippen molar-refractivity contribution < 1.29 is 0 Å². The number of nitriles is 3. The first kappa shape index (κ1) is 18.7. The van der Waals surface area contributed by atoms with E-state index in [1.165, 1.54) is 5.56 Å². The third-order valence-corrected chi connectivity index (χ3v) is 5.81. The van der Waals surface area contributed by atoms with Crippen molar-refractivity contribution >= 4 is 0 Å². The molecule has 0 aromatic heterocycles. The van der Waals surface area contributed by atoms with Crippen LogP contribution in [0.5, 0.6) is 0 Å². The van der Waals surface area contributed by atoms with Gasteiger partial charge in [-0.3, -0.25) is 0 Å². The summed E-state index contributed by atoms with van der Waals surface area (Å²) in [7, 11) is 2.00. The van der Waals surface area contributed by atoms with Gasteiger partial charge in [-0.1, -0.05) is 44.2 Å². The van der Waals surface area contributed by atoms with Crippen molar-refractivity contribution in [3.63, 3.8) is 0 Å². The van der Waals surface area contributed by atoms with Crippen molar-refractivity contribution in [2.45, 2.75) is 25.7 Å². The van der Waals surface area contributed by atoms with Crippen molar-refractivity contribution in [3.8, 4) is 18.2 Å². The molecule has 136 valence electrons. The van der Waals surface area contributed by atoms with Crippen molar-refractivity contribution in [1.29, 1.82) is 15.8 Å². The van der Waals surface area contributed by atoms with E-state index in [0.29, 0.717) is 18.0 Å². The zero-order chi connectivity index (χ0) is 19.8. The fourth-order valence-electron chi connectivity index (χ4n) is 4.29. The van der Waals surface area contributed by atoms with Crippen molar-refractivity contribution in [2.75, 3.05) is 20.1 Å². The number of hydrogen-bond acceptors (Lipinski definition) is 5. The maximum atomic E-state index is 10.0. The predicted molar refractivity (Wildman–Crippen MR) is 103 cm³/mol. The molecule has 2 aliphatic rings. The van der Waals surface area contributed by atoms with Crippen LogP contribution in [0.15, 0.2) is 47.2 Å². The van der Waals surface area contributed by atoms with Gasteiger partial charge in [-0.25, -0.2) is 0 Å². The number of rotatable bonds is 2. The van der Waals surface area contributed by atoms with Gasteiger partial charge in [-0.05, 0) is 29.7 Å². The molecule has 0 saturated carbocycles. The second kappa shape index (κ2) is 6.92. The molecule has 5 heteroatoms. The third-order valence-electron chi connectivity index (χ3n) is 5.81. The summed E-state index contributed by atoms with van der Waals surface area (Å²) in [6, 6.07) is 14.6. The molecule has 0 amide bonds. The Morgan fingerprint density at radius 3 is 2.30 bits per heavy atom. The molecule has 2 atom stereocenters. The molecule has 0 fully saturated rings. The van der Waals surface area contributed by atoms with Crippen LogP contribution < -0.4 is 5.73 Å². The van der Waals surface area contributed by atoms with Crippen LogP contribution in [0, 0.1) is 45.3 Å². The van der Waals surface area contributed by atoms with Gasteiger partial charge in [0, 0.05) is 24.9 Å². The fraction of sp³-hybridized carbons (Fsp3) is 0.409. The van der Waals surface area contributed by atoms with Crippen LogP contribution in [0.1, 0.15) is 36.8 Å². The highest BCUT2D eigenvalue weighted by Gasteiger charge is 2.54. The second-order valence-corrected chi connectivity index (χ2v) is 7.72. The summed E-state index contributed by atoms with van der Waals surface area (Å²) < 4.78 is 0. The Kier molecular flexibility index (Phi) is 4.79. The Morgan fingerprint density at radius 2 is 1.78 bits per heavy atom. The lowest BCUT2D eigenvalue weighted by molar-refractivity contribution is 0.237. The van der Waals surface area contributed by atoms with E-state index in [1.807, 2.05) is 25.3 Å². The molecule has 0 radical (unpaired) electrons. The molecule has 0 bridgehead atoms. The number of nitrogens with two attached hydrogens (primary N) is 1. The minimum absolute atomic E-state index is 0.0833. The van der Waals surface area contributed by atoms with Crippen molar-refractivity contribution in [1.82, 2.24) is 4.90 Å². The first-order valence-corrected chi connectivity index (χ1v) is 9.11. The number of benzene rings is 1. The molecule has 5 nitrogen and oxygen atoms in total. The van der Waals surface area contributed by atoms with Gasteiger partial charge >= 0.3 is 0 Å². The van der Waals surface area contributed by atoms with Gasteiger partial charge in [0.25, 0.3) is 0 Å².